The van der Waals surface area contributed by atoms with Crippen LogP contribution in [0.4, 0.5) is 132 Å². The van der Waals surface area contributed by atoms with Crippen molar-refractivity contribution in [2.75, 3.05) is 0 Å². The minimum Gasteiger partial charge on any atom is -0.400 e. The summed E-state index contributed by atoms with van der Waals surface area (Å²) < 4.78 is 391. The van der Waals surface area contributed by atoms with Gasteiger partial charge in [0.2, 0.25) is 11.7 Å². The average Bonchev–Trinajstić information content (AvgIpc) is 2.84. The third-order valence-corrected chi connectivity index (χ3v) is 4.55. The zero-order valence-corrected chi connectivity index (χ0v) is 20.6. The molecule has 0 saturated carbocycles. The van der Waals surface area contributed by atoms with Crippen LogP contribution in [-0.4, -0.2) is 72.3 Å². The summed E-state index contributed by atoms with van der Waals surface area (Å²) in [5, 5.41) is 0. The highest BCUT2D eigenvalue weighted by Gasteiger charge is 2.84. The summed E-state index contributed by atoms with van der Waals surface area (Å²) in [5.41, 5.74) is 0. The van der Waals surface area contributed by atoms with E-state index in [0.717, 1.165) is 9.47 Å². The van der Waals surface area contributed by atoms with E-state index in [9.17, 15) is 132 Å². The molecule has 0 aliphatic rings. The van der Waals surface area contributed by atoms with Gasteiger partial charge in [0, 0.05) is 0 Å². The van der Waals surface area contributed by atoms with Gasteiger partial charge in [-0.15, -0.1) is 0 Å². The Morgan fingerprint density at radius 1 is 0.286 bits per heavy atom. The zero-order chi connectivity index (χ0) is 40.4. The number of hydrogen-bond donors (Lipinski definition) is 0. The van der Waals surface area contributed by atoms with Gasteiger partial charge in [-0.3, -0.25) is 0 Å². The number of allylic oxidation sites excluding steroid dienone is 2. The summed E-state index contributed by atoms with van der Waals surface area (Å²) in [7, 11) is 0. The highest BCUT2D eigenvalue weighted by atomic mass is 19.4. The molecule has 0 radical (unpaired) electrons. The van der Waals surface area contributed by atoms with Gasteiger partial charge < -0.3 is 4.74 Å². The van der Waals surface area contributed by atoms with Crippen molar-refractivity contribution in [3.05, 3.63) is 23.7 Å². The second-order valence-corrected chi connectivity index (χ2v) is 7.99. The molecule has 0 aromatic heterocycles. The molecule has 0 atom stereocenters. The maximum absolute atomic E-state index is 13.5. The predicted octanol–water partition coefficient (Wildman–Crippen LogP) is 10.6. The van der Waals surface area contributed by atoms with Gasteiger partial charge in [0.05, 0.1) is 0 Å². The Labute approximate surface area is 243 Å². The smallest absolute Gasteiger partial charge is 0.400 e. The SMILES string of the molecule is FC(OC(F)=C(F)C(F)(F)C(F)(F)C(F)(F)OC(F)(F)C(F)(F)C(F)(F)F)=C(F)C(F)(F)C(F)(F)C(F)(F)OC(F)(F)C(F)(F)C(F)(F)F. The van der Waals surface area contributed by atoms with Crippen LogP contribution in [0.1, 0.15) is 0 Å². The van der Waals surface area contributed by atoms with Crippen LogP contribution < -0.4 is 0 Å². The largest absolute Gasteiger partial charge is 0.462 e. The average molecular weight is 810 g/mol. The molecule has 49 heavy (non-hydrogen) atoms. The third kappa shape index (κ3) is 7.58. The topological polar surface area (TPSA) is 27.7 Å². The molecule has 0 aromatic carbocycles. The molecule has 0 rings (SSSR count). The molecule has 0 bridgehead atoms. The molecule has 0 saturated heterocycles. The van der Waals surface area contributed by atoms with E-state index in [-0.39, 0.29) is 0 Å². The number of ether oxygens (including phenoxy) is 3. The number of halogens is 30. The Kier molecular flexibility index (Phi) is 11.7. The van der Waals surface area contributed by atoms with E-state index >= 15 is 0 Å². The van der Waals surface area contributed by atoms with Crippen LogP contribution >= 0.6 is 0 Å². The van der Waals surface area contributed by atoms with Gasteiger partial charge in [-0.1, -0.05) is 0 Å². The second kappa shape index (κ2) is 12.4. The monoisotopic (exact) mass is 810 g/mol. The molecule has 33 heteroatoms. The fraction of sp³-hybridized carbons (Fsp3) is 0.750. The summed E-state index contributed by atoms with van der Waals surface area (Å²) in [5.74, 6) is -60.3. The van der Waals surface area contributed by atoms with Gasteiger partial charge in [0.25, 0.3) is 0 Å². The Morgan fingerprint density at radius 2 is 0.469 bits per heavy atom. The van der Waals surface area contributed by atoms with Gasteiger partial charge >= 0.3 is 84.3 Å². The van der Waals surface area contributed by atoms with Gasteiger partial charge in [-0.05, 0) is 0 Å². The normalized spacial score (nSPS) is 17.2. The molecule has 0 amide bonds. The van der Waals surface area contributed by atoms with Gasteiger partial charge in [-0.2, -0.15) is 132 Å². The van der Waals surface area contributed by atoms with Crippen molar-refractivity contribution in [2.24, 2.45) is 0 Å². The van der Waals surface area contributed by atoms with Crippen LogP contribution in [0.3, 0.4) is 0 Å². The van der Waals surface area contributed by atoms with Gasteiger partial charge in [-0.25, -0.2) is 9.47 Å². The first-order chi connectivity index (χ1) is 20.8. The van der Waals surface area contributed by atoms with Crippen molar-refractivity contribution in [1.29, 1.82) is 0 Å². The molecule has 0 aliphatic carbocycles. The molecule has 3 nitrogen and oxygen atoms in total. The standard InChI is InChI=1S/C16F30O3/c17-1(5(21,22)7(25,26)13(39,40)48-15(43,44)9(29,30)11(33,34)35)3(19)47-4(20)2(18)6(23,24)8(27,28)14(41,42)49-16(45,46)10(31,32)12(36,37)38. The summed E-state index contributed by atoms with van der Waals surface area (Å²) in [6, 6.07) is -10.0. The second-order valence-electron chi connectivity index (χ2n) is 7.99. The van der Waals surface area contributed by atoms with Crippen molar-refractivity contribution < 1.29 is 146 Å². The Balaban J connectivity index is 6.78. The van der Waals surface area contributed by atoms with Crippen LogP contribution in [0.2, 0.25) is 0 Å². The van der Waals surface area contributed by atoms with E-state index in [1.807, 2.05) is 0 Å². The summed E-state index contributed by atoms with van der Waals surface area (Å²) >= 11 is 0. The third-order valence-electron chi connectivity index (χ3n) is 4.55. The van der Waals surface area contributed by atoms with Crippen LogP contribution in [0.5, 0.6) is 0 Å². The Hall–Kier alpha value is -2.90. The van der Waals surface area contributed by atoms with Crippen molar-refractivity contribution in [1.82, 2.24) is 0 Å². The molecule has 0 aromatic rings. The first kappa shape index (κ1) is 46.1. The molecule has 0 spiro atoms. The molecule has 0 aliphatic heterocycles. The first-order valence-electron chi connectivity index (χ1n) is 9.89. The summed E-state index contributed by atoms with van der Waals surface area (Å²) in [6.45, 7) is 0. The fourth-order valence-electron chi connectivity index (χ4n) is 1.96. The fourth-order valence-corrected chi connectivity index (χ4v) is 1.96. The maximum atomic E-state index is 13.5. The molecule has 0 N–H and O–H groups in total. The Bertz CT molecular complexity index is 1170. The van der Waals surface area contributed by atoms with Crippen LogP contribution in [0, 0.1) is 0 Å². The van der Waals surface area contributed by atoms with Crippen molar-refractivity contribution in [3.8, 4) is 0 Å². The first-order valence-corrected chi connectivity index (χ1v) is 9.89. The molecule has 0 heterocycles. The molecular weight excluding hydrogens is 810 g/mol. The minimum atomic E-state index is -8.49. The Morgan fingerprint density at radius 3 is 0.653 bits per heavy atom. The van der Waals surface area contributed by atoms with Gasteiger partial charge in [0.15, 0.2) is 0 Å². The van der Waals surface area contributed by atoms with Gasteiger partial charge in [0.1, 0.15) is 0 Å². The lowest BCUT2D eigenvalue weighted by Crippen LogP contribution is -2.62. The van der Waals surface area contributed by atoms with Crippen LogP contribution in [-0.2, 0) is 14.2 Å². The highest BCUT2D eigenvalue weighted by molar-refractivity contribution is 5.18. The summed E-state index contributed by atoms with van der Waals surface area (Å²) in [4.78, 5) is 0. The minimum absolute atomic E-state index is 1.01. The summed E-state index contributed by atoms with van der Waals surface area (Å²) in [6.07, 6.45) is -48.2. The predicted molar refractivity (Wildman–Crippen MR) is 83.3 cm³/mol. The quantitative estimate of drug-likeness (QED) is 0.129. The number of hydrogen-bond acceptors (Lipinski definition) is 3. The van der Waals surface area contributed by atoms with E-state index in [4.69, 9.17) is 0 Å². The lowest BCUT2D eigenvalue weighted by molar-refractivity contribution is -0.507. The van der Waals surface area contributed by atoms with Crippen molar-refractivity contribution in [2.45, 2.75) is 72.3 Å². The van der Waals surface area contributed by atoms with E-state index < -0.39 is 96.0 Å². The maximum Gasteiger partial charge on any atom is 0.462 e. The van der Waals surface area contributed by atoms with Crippen LogP contribution in [0.25, 0.3) is 0 Å². The molecule has 0 unspecified atom stereocenters. The molecule has 292 valence electrons. The van der Waals surface area contributed by atoms with Crippen molar-refractivity contribution in [3.63, 3.8) is 0 Å². The van der Waals surface area contributed by atoms with E-state index in [1.165, 1.54) is 0 Å². The molecule has 0 fully saturated rings. The van der Waals surface area contributed by atoms with E-state index in [0.29, 0.717) is 0 Å². The lowest BCUT2D eigenvalue weighted by atomic mass is 10.1. The highest BCUT2D eigenvalue weighted by Crippen LogP contribution is 2.58. The van der Waals surface area contributed by atoms with E-state index in [2.05, 4.69) is 0 Å². The van der Waals surface area contributed by atoms with Crippen LogP contribution in [0.15, 0.2) is 23.7 Å². The number of alkyl halides is 26. The van der Waals surface area contributed by atoms with Crippen molar-refractivity contribution >= 4 is 0 Å². The lowest BCUT2D eigenvalue weighted by Gasteiger charge is -2.35. The number of rotatable bonds is 14. The van der Waals surface area contributed by atoms with E-state index in [1.54, 1.807) is 4.74 Å². The molecular formula is C16F30O3. The zero-order valence-electron chi connectivity index (χ0n) is 20.6.